The zero-order valence-electron chi connectivity index (χ0n) is 11.4. The minimum atomic E-state index is 0.105. The van der Waals surface area contributed by atoms with Gasteiger partial charge in [0.25, 0.3) is 0 Å². The van der Waals surface area contributed by atoms with Gasteiger partial charge >= 0.3 is 0 Å². The fourth-order valence-corrected chi connectivity index (χ4v) is 3.04. The van der Waals surface area contributed by atoms with Crippen LogP contribution in [0.15, 0.2) is 36.0 Å². The summed E-state index contributed by atoms with van der Waals surface area (Å²) in [4.78, 5) is 8.79. The second-order valence-electron chi connectivity index (χ2n) is 4.82. The molecule has 3 heterocycles. The lowest BCUT2D eigenvalue weighted by molar-refractivity contribution is 0.174. The van der Waals surface area contributed by atoms with Crippen LogP contribution >= 0.6 is 11.3 Å². The van der Waals surface area contributed by atoms with Gasteiger partial charge in [0.1, 0.15) is 10.8 Å². The van der Waals surface area contributed by atoms with Gasteiger partial charge in [-0.25, -0.2) is 9.97 Å². The molecule has 3 aromatic rings. The Morgan fingerprint density at radius 2 is 2.05 bits per heavy atom. The van der Waals surface area contributed by atoms with Gasteiger partial charge in [0.15, 0.2) is 11.5 Å². The summed E-state index contributed by atoms with van der Waals surface area (Å²) in [7, 11) is 0. The molecule has 0 saturated heterocycles. The van der Waals surface area contributed by atoms with Crippen molar-refractivity contribution < 1.29 is 9.47 Å². The highest BCUT2D eigenvalue weighted by Crippen LogP contribution is 2.38. The predicted octanol–water partition coefficient (Wildman–Crippen LogP) is 3.59. The molecule has 0 bridgehead atoms. The van der Waals surface area contributed by atoms with E-state index in [0.717, 1.165) is 33.1 Å². The molecule has 1 N–H and O–H groups in total. The van der Waals surface area contributed by atoms with E-state index in [9.17, 15) is 0 Å². The second kappa shape index (κ2) is 4.89. The van der Waals surface area contributed by atoms with Crippen molar-refractivity contribution in [2.45, 2.75) is 13.0 Å². The maximum atomic E-state index is 5.45. The Labute approximate surface area is 125 Å². The van der Waals surface area contributed by atoms with Crippen molar-refractivity contribution in [3.63, 3.8) is 0 Å². The lowest BCUT2D eigenvalue weighted by Crippen LogP contribution is -2.07. The SMILES string of the molecule is CC(Nc1nccc2cc3c(cc12)OCO3)c1nccs1. The molecule has 1 aliphatic rings. The molecule has 0 aliphatic carbocycles. The second-order valence-corrected chi connectivity index (χ2v) is 5.75. The fourth-order valence-electron chi connectivity index (χ4n) is 2.39. The van der Waals surface area contributed by atoms with Gasteiger partial charge in [-0.3, -0.25) is 0 Å². The lowest BCUT2D eigenvalue weighted by Gasteiger charge is -2.14. The number of rotatable bonds is 3. The van der Waals surface area contributed by atoms with Crippen molar-refractivity contribution in [2.24, 2.45) is 0 Å². The van der Waals surface area contributed by atoms with Gasteiger partial charge in [0.05, 0.1) is 6.04 Å². The predicted molar refractivity (Wildman–Crippen MR) is 82.0 cm³/mol. The monoisotopic (exact) mass is 299 g/mol. The number of thiazole rings is 1. The summed E-state index contributed by atoms with van der Waals surface area (Å²) in [6, 6.07) is 6.03. The van der Waals surface area contributed by atoms with Gasteiger partial charge in [-0.1, -0.05) is 0 Å². The number of nitrogens with zero attached hydrogens (tertiary/aromatic N) is 2. The average molecular weight is 299 g/mol. The molecule has 4 rings (SSSR count). The molecule has 1 atom stereocenters. The number of aromatic nitrogens is 2. The normalized spacial score (nSPS) is 14.3. The van der Waals surface area contributed by atoms with E-state index in [2.05, 4.69) is 22.2 Å². The van der Waals surface area contributed by atoms with Gasteiger partial charge in [-0.05, 0) is 30.5 Å². The largest absolute Gasteiger partial charge is 0.454 e. The van der Waals surface area contributed by atoms with Crippen molar-refractivity contribution in [3.05, 3.63) is 41.0 Å². The minimum absolute atomic E-state index is 0.105. The number of fused-ring (bicyclic) bond motifs is 2. The van der Waals surface area contributed by atoms with Crippen LogP contribution in [0.25, 0.3) is 10.8 Å². The molecule has 0 saturated carbocycles. The lowest BCUT2D eigenvalue weighted by atomic mass is 10.1. The Bertz CT molecular complexity index is 789. The summed E-state index contributed by atoms with van der Waals surface area (Å²) < 4.78 is 10.9. The molecule has 0 radical (unpaired) electrons. The summed E-state index contributed by atoms with van der Waals surface area (Å²) in [6.07, 6.45) is 3.61. The van der Waals surface area contributed by atoms with E-state index in [-0.39, 0.29) is 12.8 Å². The quantitative estimate of drug-likeness (QED) is 0.801. The molecular weight excluding hydrogens is 286 g/mol. The van der Waals surface area contributed by atoms with E-state index in [1.165, 1.54) is 0 Å². The van der Waals surface area contributed by atoms with Crippen molar-refractivity contribution in [1.82, 2.24) is 9.97 Å². The molecule has 5 nitrogen and oxygen atoms in total. The minimum Gasteiger partial charge on any atom is -0.454 e. The zero-order chi connectivity index (χ0) is 14.2. The maximum absolute atomic E-state index is 5.45. The Hall–Kier alpha value is -2.34. The van der Waals surface area contributed by atoms with Crippen LogP contribution in [0.2, 0.25) is 0 Å². The van der Waals surface area contributed by atoms with E-state index in [4.69, 9.17) is 9.47 Å². The fraction of sp³-hybridized carbons (Fsp3) is 0.200. The van der Waals surface area contributed by atoms with Gasteiger partial charge in [0, 0.05) is 23.2 Å². The first-order valence-electron chi connectivity index (χ1n) is 6.65. The third kappa shape index (κ3) is 2.17. The van der Waals surface area contributed by atoms with E-state index < -0.39 is 0 Å². The molecule has 1 unspecified atom stereocenters. The van der Waals surface area contributed by atoms with Crippen LogP contribution in [0.5, 0.6) is 11.5 Å². The molecule has 0 fully saturated rings. The average Bonchev–Trinajstić information content (AvgIpc) is 3.16. The smallest absolute Gasteiger partial charge is 0.231 e. The standard InChI is InChI=1S/C15H13N3O2S/c1-9(15-17-4-5-21-15)18-14-11-7-13-12(19-8-20-13)6-10(11)2-3-16-14/h2-7,9H,8H2,1H3,(H,16,18). The van der Waals surface area contributed by atoms with Gasteiger partial charge in [-0.15, -0.1) is 11.3 Å². The van der Waals surface area contributed by atoms with Crippen LogP contribution in [0, 0.1) is 0 Å². The summed E-state index contributed by atoms with van der Waals surface area (Å²) in [6.45, 7) is 2.35. The molecule has 1 aliphatic heterocycles. The van der Waals surface area contributed by atoms with Crippen LogP contribution in [-0.4, -0.2) is 16.8 Å². The Morgan fingerprint density at radius 3 is 2.86 bits per heavy atom. The topological polar surface area (TPSA) is 56.3 Å². The first-order chi connectivity index (χ1) is 10.3. The van der Waals surface area contributed by atoms with Crippen molar-refractivity contribution >= 4 is 27.9 Å². The third-order valence-electron chi connectivity index (χ3n) is 3.43. The van der Waals surface area contributed by atoms with Crippen LogP contribution < -0.4 is 14.8 Å². The van der Waals surface area contributed by atoms with Crippen LogP contribution in [0.4, 0.5) is 5.82 Å². The number of nitrogens with one attached hydrogen (secondary N) is 1. The highest BCUT2D eigenvalue weighted by atomic mass is 32.1. The third-order valence-corrected chi connectivity index (χ3v) is 4.39. The summed E-state index contributed by atoms with van der Waals surface area (Å²) >= 11 is 1.63. The number of hydrogen-bond acceptors (Lipinski definition) is 6. The molecule has 1 aromatic carbocycles. The van der Waals surface area contributed by atoms with Crippen molar-refractivity contribution in [3.8, 4) is 11.5 Å². The molecule has 6 heteroatoms. The van der Waals surface area contributed by atoms with Crippen LogP contribution in [0.3, 0.4) is 0 Å². The Kier molecular flexibility index (Phi) is 2.89. The first kappa shape index (κ1) is 12.4. The van der Waals surface area contributed by atoms with Gasteiger partial charge in [-0.2, -0.15) is 0 Å². The summed E-state index contributed by atoms with van der Waals surface area (Å²) in [5.74, 6) is 2.38. The van der Waals surface area contributed by atoms with Crippen molar-refractivity contribution in [1.29, 1.82) is 0 Å². The van der Waals surface area contributed by atoms with Gasteiger partial charge < -0.3 is 14.8 Å². The Balaban J connectivity index is 1.75. The maximum Gasteiger partial charge on any atom is 0.231 e. The zero-order valence-corrected chi connectivity index (χ0v) is 12.2. The molecule has 21 heavy (non-hydrogen) atoms. The number of hydrogen-bond donors (Lipinski definition) is 1. The number of anilines is 1. The molecule has 0 spiro atoms. The Morgan fingerprint density at radius 1 is 1.19 bits per heavy atom. The summed E-state index contributed by atoms with van der Waals surface area (Å²) in [5, 5.41) is 8.52. The van der Waals surface area contributed by atoms with E-state index in [1.54, 1.807) is 17.5 Å². The van der Waals surface area contributed by atoms with Crippen LogP contribution in [-0.2, 0) is 0 Å². The van der Waals surface area contributed by atoms with E-state index >= 15 is 0 Å². The first-order valence-corrected chi connectivity index (χ1v) is 7.53. The number of ether oxygens (including phenoxy) is 2. The highest BCUT2D eigenvalue weighted by Gasteiger charge is 2.17. The van der Waals surface area contributed by atoms with Crippen LogP contribution in [0.1, 0.15) is 18.0 Å². The number of benzene rings is 1. The summed E-state index contributed by atoms with van der Waals surface area (Å²) in [5.41, 5.74) is 0. The molecule has 0 amide bonds. The molecule has 2 aromatic heterocycles. The molecular formula is C15H13N3O2S. The van der Waals surface area contributed by atoms with E-state index in [0.29, 0.717) is 0 Å². The highest BCUT2D eigenvalue weighted by molar-refractivity contribution is 7.09. The van der Waals surface area contributed by atoms with Crippen molar-refractivity contribution in [2.75, 3.05) is 12.1 Å². The van der Waals surface area contributed by atoms with E-state index in [1.807, 2.05) is 29.8 Å². The number of pyridine rings is 1. The van der Waals surface area contributed by atoms with Gasteiger partial charge in [0.2, 0.25) is 6.79 Å². The molecule has 106 valence electrons.